The van der Waals surface area contributed by atoms with Gasteiger partial charge in [-0.1, -0.05) is 17.3 Å². The smallest absolute Gasteiger partial charge is 0.238 e. The van der Waals surface area contributed by atoms with Gasteiger partial charge in [-0.3, -0.25) is 4.79 Å². The fourth-order valence-corrected chi connectivity index (χ4v) is 3.69. The van der Waals surface area contributed by atoms with E-state index in [-0.39, 0.29) is 5.91 Å². The number of carbonyl (C=O) groups excluding carboxylic acids is 1. The molecule has 6 nitrogen and oxygen atoms in total. The van der Waals surface area contributed by atoms with E-state index in [0.717, 1.165) is 34.7 Å². The highest BCUT2D eigenvalue weighted by atomic mass is 32.1. The van der Waals surface area contributed by atoms with Crippen LogP contribution in [0.25, 0.3) is 11.3 Å². The van der Waals surface area contributed by atoms with Crippen molar-refractivity contribution in [2.24, 2.45) is 0 Å². The number of ether oxygens (including phenoxy) is 1. The molecule has 3 aromatic rings. The van der Waals surface area contributed by atoms with E-state index >= 15 is 0 Å². The highest BCUT2D eigenvalue weighted by Gasteiger charge is 2.54. The van der Waals surface area contributed by atoms with E-state index in [1.807, 2.05) is 44.2 Å². The number of hydrogen-bond acceptors (Lipinski definition) is 6. The molecule has 1 amide bonds. The molecule has 0 spiro atoms. The van der Waals surface area contributed by atoms with Gasteiger partial charge in [0.1, 0.15) is 5.75 Å². The zero-order valence-corrected chi connectivity index (χ0v) is 15.6. The number of carbonyl (C=O) groups is 1. The van der Waals surface area contributed by atoms with Crippen LogP contribution in [0.1, 0.15) is 29.1 Å². The van der Waals surface area contributed by atoms with Crippen molar-refractivity contribution in [2.75, 3.05) is 12.4 Å². The van der Waals surface area contributed by atoms with Crippen LogP contribution in [-0.2, 0) is 10.2 Å². The van der Waals surface area contributed by atoms with E-state index in [0.29, 0.717) is 16.6 Å². The Labute approximate surface area is 155 Å². The van der Waals surface area contributed by atoms with Crippen LogP contribution < -0.4 is 10.1 Å². The van der Waals surface area contributed by atoms with E-state index < -0.39 is 5.41 Å². The second-order valence-electron chi connectivity index (χ2n) is 6.51. The van der Waals surface area contributed by atoms with Gasteiger partial charge in [-0.25, -0.2) is 4.98 Å². The second kappa shape index (κ2) is 6.25. The minimum Gasteiger partial charge on any atom is -0.497 e. The number of amides is 1. The fourth-order valence-electron chi connectivity index (χ4n) is 2.88. The number of nitrogens with one attached hydrogen (secondary N) is 1. The van der Waals surface area contributed by atoms with Crippen LogP contribution in [0.4, 0.5) is 5.13 Å². The summed E-state index contributed by atoms with van der Waals surface area (Å²) < 4.78 is 10.7. The number of aromatic nitrogens is 2. The highest BCUT2D eigenvalue weighted by Crippen LogP contribution is 2.49. The fraction of sp³-hybridized carbons (Fsp3) is 0.316. The molecule has 0 bridgehead atoms. The van der Waals surface area contributed by atoms with Gasteiger partial charge in [0.2, 0.25) is 5.91 Å². The van der Waals surface area contributed by atoms with Crippen LogP contribution in [0, 0.1) is 13.8 Å². The first-order valence-corrected chi connectivity index (χ1v) is 9.20. The van der Waals surface area contributed by atoms with Crippen molar-refractivity contribution in [3.05, 3.63) is 46.6 Å². The van der Waals surface area contributed by atoms with E-state index in [1.54, 1.807) is 7.11 Å². The number of anilines is 1. The van der Waals surface area contributed by atoms with Crippen molar-refractivity contribution in [1.29, 1.82) is 0 Å². The van der Waals surface area contributed by atoms with Crippen LogP contribution in [0.3, 0.4) is 0 Å². The molecule has 1 fully saturated rings. The van der Waals surface area contributed by atoms with Crippen molar-refractivity contribution in [3.8, 4) is 17.1 Å². The summed E-state index contributed by atoms with van der Waals surface area (Å²) in [6, 6.07) is 9.41. The van der Waals surface area contributed by atoms with Gasteiger partial charge in [-0.15, -0.1) is 11.3 Å². The molecular weight excluding hydrogens is 350 g/mol. The summed E-state index contributed by atoms with van der Waals surface area (Å²) in [7, 11) is 1.62. The van der Waals surface area contributed by atoms with Crippen LogP contribution >= 0.6 is 11.3 Å². The Bertz CT molecular complexity index is 953. The zero-order chi connectivity index (χ0) is 18.3. The third kappa shape index (κ3) is 2.88. The van der Waals surface area contributed by atoms with Gasteiger partial charge in [0.25, 0.3) is 0 Å². The molecule has 26 heavy (non-hydrogen) atoms. The number of nitrogens with zero attached hydrogens (tertiary/aromatic N) is 2. The molecule has 2 aromatic heterocycles. The third-order valence-electron chi connectivity index (χ3n) is 4.79. The molecule has 0 saturated heterocycles. The van der Waals surface area contributed by atoms with E-state index in [1.165, 1.54) is 11.3 Å². The molecule has 2 heterocycles. The van der Waals surface area contributed by atoms with Crippen molar-refractivity contribution >= 4 is 22.4 Å². The third-order valence-corrected chi connectivity index (χ3v) is 5.78. The lowest BCUT2D eigenvalue weighted by atomic mass is 10.0. The molecular formula is C19H19N3O3S. The summed E-state index contributed by atoms with van der Waals surface area (Å²) in [5.74, 6) is 1.30. The minimum atomic E-state index is -0.617. The summed E-state index contributed by atoms with van der Waals surface area (Å²) in [6.45, 7) is 3.93. The molecule has 0 unspecified atom stereocenters. The van der Waals surface area contributed by atoms with Crippen LogP contribution in [-0.4, -0.2) is 23.2 Å². The van der Waals surface area contributed by atoms with Crippen molar-refractivity contribution < 1.29 is 14.1 Å². The number of benzene rings is 1. The highest BCUT2D eigenvalue weighted by molar-refractivity contribution is 7.15. The maximum Gasteiger partial charge on any atom is 0.238 e. The van der Waals surface area contributed by atoms with Crippen LogP contribution in [0.2, 0.25) is 0 Å². The zero-order valence-electron chi connectivity index (χ0n) is 14.8. The molecule has 1 N–H and O–H groups in total. The van der Waals surface area contributed by atoms with E-state index in [4.69, 9.17) is 9.26 Å². The molecule has 0 aliphatic heterocycles. The number of rotatable bonds is 5. The number of thiazole rings is 1. The van der Waals surface area contributed by atoms with Gasteiger partial charge < -0.3 is 14.6 Å². The SMILES string of the molecule is COc1cccc(-c2cc(C3(C(=O)Nc4nc(C)c(C)s4)CC3)no2)c1. The molecule has 1 saturated carbocycles. The van der Waals surface area contributed by atoms with Crippen LogP contribution in [0.15, 0.2) is 34.9 Å². The molecule has 0 atom stereocenters. The molecule has 1 aromatic carbocycles. The van der Waals surface area contributed by atoms with Crippen molar-refractivity contribution in [3.63, 3.8) is 0 Å². The molecule has 4 rings (SSSR count). The standard InChI is InChI=1S/C19H19N3O3S/c1-11-12(2)26-18(20-11)21-17(23)19(7-8-19)16-10-15(25-22-16)13-5-4-6-14(9-13)24-3/h4-6,9-10H,7-8H2,1-3H3,(H,20,21,23). The summed E-state index contributed by atoms with van der Waals surface area (Å²) >= 11 is 1.49. The molecule has 134 valence electrons. The monoisotopic (exact) mass is 369 g/mol. The lowest BCUT2D eigenvalue weighted by molar-refractivity contribution is -0.118. The van der Waals surface area contributed by atoms with E-state index in [9.17, 15) is 4.79 Å². The van der Waals surface area contributed by atoms with E-state index in [2.05, 4.69) is 15.5 Å². The predicted octanol–water partition coefficient (Wildman–Crippen LogP) is 4.09. The summed E-state index contributed by atoms with van der Waals surface area (Å²) in [4.78, 5) is 18.3. The number of methoxy groups -OCH3 is 1. The van der Waals surface area contributed by atoms with Crippen LogP contribution in [0.5, 0.6) is 5.75 Å². The Hall–Kier alpha value is -2.67. The van der Waals surface area contributed by atoms with Crippen molar-refractivity contribution in [2.45, 2.75) is 32.1 Å². The lowest BCUT2D eigenvalue weighted by Crippen LogP contribution is -2.28. The molecule has 7 heteroatoms. The first kappa shape index (κ1) is 16.8. The largest absolute Gasteiger partial charge is 0.497 e. The maximum absolute atomic E-state index is 12.8. The molecule has 1 aliphatic rings. The quantitative estimate of drug-likeness (QED) is 0.733. The molecule has 1 aliphatic carbocycles. The van der Waals surface area contributed by atoms with Gasteiger partial charge in [-0.05, 0) is 38.8 Å². The summed E-state index contributed by atoms with van der Waals surface area (Å²) in [5.41, 5.74) is 1.86. The Morgan fingerprint density at radius 1 is 1.31 bits per heavy atom. The number of aryl methyl sites for hydroxylation is 2. The van der Waals surface area contributed by atoms with Gasteiger partial charge in [0.15, 0.2) is 10.9 Å². The van der Waals surface area contributed by atoms with Crippen molar-refractivity contribution in [1.82, 2.24) is 10.1 Å². The average molecular weight is 369 g/mol. The molecule has 0 radical (unpaired) electrons. The van der Waals surface area contributed by atoms with Gasteiger partial charge >= 0.3 is 0 Å². The number of hydrogen-bond donors (Lipinski definition) is 1. The van der Waals surface area contributed by atoms with Gasteiger partial charge in [-0.2, -0.15) is 0 Å². The lowest BCUT2D eigenvalue weighted by Gasteiger charge is -2.10. The Kier molecular flexibility index (Phi) is 4.03. The first-order valence-electron chi connectivity index (χ1n) is 8.39. The first-order chi connectivity index (χ1) is 12.5. The predicted molar refractivity (Wildman–Crippen MR) is 99.6 cm³/mol. The average Bonchev–Trinajstić information content (AvgIpc) is 3.19. The normalized spacial score (nSPS) is 14.9. The van der Waals surface area contributed by atoms with Gasteiger partial charge in [0, 0.05) is 16.5 Å². The Morgan fingerprint density at radius 3 is 2.77 bits per heavy atom. The second-order valence-corrected chi connectivity index (χ2v) is 7.71. The topological polar surface area (TPSA) is 77.2 Å². The Morgan fingerprint density at radius 2 is 2.12 bits per heavy atom. The van der Waals surface area contributed by atoms with Gasteiger partial charge in [0.05, 0.1) is 23.9 Å². The Balaban J connectivity index is 1.57. The maximum atomic E-state index is 12.8. The summed E-state index contributed by atoms with van der Waals surface area (Å²) in [6.07, 6.45) is 1.51. The minimum absolute atomic E-state index is 0.0725. The summed E-state index contributed by atoms with van der Waals surface area (Å²) in [5, 5.41) is 7.75.